The predicted molar refractivity (Wildman–Crippen MR) is 141 cm³/mol. The number of aromatic nitrogens is 2. The standard InChI is InChI=1S/C26H33ClN4O2.CH3NO/c1-16-18(11-29-30-25(16)32)4-3-7-31-14-26(15-31)8-19(9-26)24(20-12-33-13-20)21-5-6-23(27)17(2)22(21)10-28;2-1-3/h5-6,10-11,19-20,24,28H,3-4,7-9,12-15H2,1-2H3,(H,30,32);1H,(H2,2,3). The average Bonchev–Trinajstić information content (AvgIpc) is 2.76. The lowest BCUT2D eigenvalue weighted by Crippen LogP contribution is -2.63. The number of aromatic amines is 1. The molecule has 4 N–H and O–H groups in total. The minimum absolute atomic E-state index is 0.0793. The highest BCUT2D eigenvalue weighted by atomic mass is 35.5. The fourth-order valence-corrected chi connectivity index (χ4v) is 6.59. The van der Waals surface area contributed by atoms with E-state index in [2.05, 4.69) is 26.9 Å². The van der Waals surface area contributed by atoms with Crippen molar-refractivity contribution in [2.24, 2.45) is 23.0 Å². The van der Waals surface area contributed by atoms with E-state index < -0.39 is 0 Å². The number of hydrogen-bond acceptors (Lipinski definition) is 6. The highest BCUT2D eigenvalue weighted by Crippen LogP contribution is 2.58. The number of hydrogen-bond donors (Lipinski definition) is 3. The normalized spacial score (nSPS) is 19.9. The quantitative estimate of drug-likeness (QED) is 0.369. The first kappa shape index (κ1) is 26.5. The number of amides is 1. The SMILES string of the molecule is Cc1c(Cl)ccc(C(C2COC2)C2CC3(C2)CN(CCCc2cn[nH]c(=O)c2C)C3)c1C=N.NC=O. The second kappa shape index (κ2) is 11.2. The lowest BCUT2D eigenvalue weighted by Gasteiger charge is -2.62. The Kier molecular flexibility index (Phi) is 8.27. The Morgan fingerprint density at radius 2 is 1.97 bits per heavy atom. The van der Waals surface area contributed by atoms with Gasteiger partial charge in [-0.3, -0.25) is 9.59 Å². The number of aryl methyl sites for hydroxylation is 1. The van der Waals surface area contributed by atoms with Crippen molar-refractivity contribution in [3.8, 4) is 0 Å². The molecule has 3 fully saturated rings. The lowest BCUT2D eigenvalue weighted by molar-refractivity contribution is -0.127. The molecule has 3 heterocycles. The van der Waals surface area contributed by atoms with Crippen LogP contribution in [-0.2, 0) is 16.0 Å². The molecule has 8 nitrogen and oxygen atoms in total. The van der Waals surface area contributed by atoms with Crippen LogP contribution in [-0.4, -0.2) is 60.6 Å². The number of nitrogens with two attached hydrogens (primary N) is 1. The summed E-state index contributed by atoms with van der Waals surface area (Å²) in [6.07, 6.45) is 8.01. The van der Waals surface area contributed by atoms with Gasteiger partial charge in [-0.1, -0.05) is 17.7 Å². The first-order valence-corrected chi connectivity index (χ1v) is 13.0. The zero-order chi connectivity index (χ0) is 25.9. The van der Waals surface area contributed by atoms with Gasteiger partial charge < -0.3 is 20.8 Å². The summed E-state index contributed by atoms with van der Waals surface area (Å²) in [4.78, 5) is 22.9. The van der Waals surface area contributed by atoms with Crippen LogP contribution in [0, 0.1) is 36.5 Å². The fraction of sp³-hybridized carbons (Fsp3) is 0.556. The van der Waals surface area contributed by atoms with Crippen molar-refractivity contribution < 1.29 is 9.53 Å². The molecule has 1 saturated carbocycles. The number of ether oxygens (including phenoxy) is 1. The largest absolute Gasteiger partial charge is 0.381 e. The number of primary amides is 1. The number of halogens is 1. The molecule has 2 aromatic rings. The average molecular weight is 514 g/mol. The number of H-pyrrole nitrogens is 1. The molecular weight excluding hydrogens is 478 g/mol. The molecule has 5 rings (SSSR count). The summed E-state index contributed by atoms with van der Waals surface area (Å²) < 4.78 is 5.57. The van der Waals surface area contributed by atoms with Crippen LogP contribution in [0.5, 0.6) is 0 Å². The van der Waals surface area contributed by atoms with Crippen molar-refractivity contribution in [3.05, 3.63) is 61.5 Å². The van der Waals surface area contributed by atoms with Crippen LogP contribution < -0.4 is 11.3 Å². The zero-order valence-corrected chi connectivity index (χ0v) is 21.8. The van der Waals surface area contributed by atoms with Gasteiger partial charge in [0.05, 0.1) is 19.4 Å². The van der Waals surface area contributed by atoms with E-state index in [0.29, 0.717) is 23.2 Å². The molecule has 1 atom stereocenters. The van der Waals surface area contributed by atoms with Crippen molar-refractivity contribution in [1.82, 2.24) is 15.1 Å². The molecule has 1 amide bonds. The maximum atomic E-state index is 11.7. The van der Waals surface area contributed by atoms with E-state index in [9.17, 15) is 4.79 Å². The van der Waals surface area contributed by atoms with Gasteiger partial charge in [-0.25, -0.2) is 5.10 Å². The number of likely N-dealkylation sites (tertiary alicyclic amines) is 1. The molecule has 3 aliphatic rings. The van der Waals surface area contributed by atoms with Crippen LogP contribution in [0.3, 0.4) is 0 Å². The van der Waals surface area contributed by atoms with Crippen LogP contribution in [0.25, 0.3) is 0 Å². The minimum Gasteiger partial charge on any atom is -0.381 e. The Morgan fingerprint density at radius 1 is 1.28 bits per heavy atom. The lowest BCUT2D eigenvalue weighted by atomic mass is 9.52. The van der Waals surface area contributed by atoms with Gasteiger partial charge in [-0.2, -0.15) is 5.10 Å². The van der Waals surface area contributed by atoms with Gasteiger partial charge in [0, 0.05) is 35.8 Å². The number of benzene rings is 1. The first-order valence-electron chi connectivity index (χ1n) is 12.6. The second-order valence-electron chi connectivity index (χ2n) is 10.6. The Hall–Kier alpha value is -2.55. The summed E-state index contributed by atoms with van der Waals surface area (Å²) in [6, 6.07) is 4.16. The smallest absolute Gasteiger partial charge is 0.267 e. The molecule has 2 saturated heterocycles. The minimum atomic E-state index is -0.0793. The van der Waals surface area contributed by atoms with Gasteiger partial charge in [0.1, 0.15) is 0 Å². The van der Waals surface area contributed by atoms with Crippen molar-refractivity contribution >= 4 is 24.2 Å². The van der Waals surface area contributed by atoms with Gasteiger partial charge in [0.15, 0.2) is 0 Å². The molecule has 9 heteroatoms. The Labute approximate surface area is 217 Å². The number of nitrogens with zero attached hydrogens (tertiary/aromatic N) is 2. The summed E-state index contributed by atoms with van der Waals surface area (Å²) in [5, 5.41) is 15.2. The molecule has 0 radical (unpaired) electrons. The molecule has 1 spiro atoms. The number of carbonyl (C=O) groups is 1. The van der Waals surface area contributed by atoms with Gasteiger partial charge in [0.2, 0.25) is 6.41 Å². The Morgan fingerprint density at radius 3 is 2.58 bits per heavy atom. The third kappa shape index (κ3) is 5.26. The van der Waals surface area contributed by atoms with Gasteiger partial charge in [-0.15, -0.1) is 0 Å². The highest BCUT2D eigenvalue weighted by molar-refractivity contribution is 6.31. The highest BCUT2D eigenvalue weighted by Gasteiger charge is 2.55. The van der Waals surface area contributed by atoms with Gasteiger partial charge in [0.25, 0.3) is 5.56 Å². The van der Waals surface area contributed by atoms with Crippen LogP contribution >= 0.6 is 11.6 Å². The van der Waals surface area contributed by atoms with Crippen molar-refractivity contribution in [2.75, 3.05) is 32.8 Å². The molecule has 1 aromatic carbocycles. The van der Waals surface area contributed by atoms with E-state index in [0.717, 1.165) is 59.9 Å². The van der Waals surface area contributed by atoms with Crippen LogP contribution in [0.1, 0.15) is 53.0 Å². The molecule has 0 bridgehead atoms. The van der Waals surface area contributed by atoms with E-state index in [-0.39, 0.29) is 12.0 Å². The maximum Gasteiger partial charge on any atom is 0.267 e. The molecule has 1 aromatic heterocycles. The predicted octanol–water partition coefficient (Wildman–Crippen LogP) is 3.21. The summed E-state index contributed by atoms with van der Waals surface area (Å²) in [5.41, 5.74) is 9.72. The number of carbonyl (C=O) groups excluding carboxylic acids is 1. The van der Waals surface area contributed by atoms with Crippen LogP contribution in [0.4, 0.5) is 0 Å². The summed E-state index contributed by atoms with van der Waals surface area (Å²) in [5.74, 6) is 1.66. The fourth-order valence-electron chi connectivity index (χ4n) is 6.42. The zero-order valence-electron chi connectivity index (χ0n) is 21.1. The van der Waals surface area contributed by atoms with Gasteiger partial charge in [-0.05, 0) is 91.6 Å². The Balaban J connectivity index is 0.000000967. The Bertz CT molecular complexity index is 1150. The van der Waals surface area contributed by atoms with Crippen molar-refractivity contribution in [1.29, 1.82) is 5.41 Å². The van der Waals surface area contributed by atoms with E-state index >= 15 is 0 Å². The van der Waals surface area contributed by atoms with Crippen molar-refractivity contribution in [2.45, 2.75) is 45.4 Å². The van der Waals surface area contributed by atoms with E-state index in [4.69, 9.17) is 26.5 Å². The van der Waals surface area contributed by atoms with Crippen LogP contribution in [0.2, 0.25) is 5.02 Å². The molecule has 1 aliphatic carbocycles. The topological polar surface area (TPSA) is 125 Å². The second-order valence-corrected chi connectivity index (χ2v) is 11.0. The van der Waals surface area contributed by atoms with E-state index in [1.54, 1.807) is 6.20 Å². The number of nitrogens with one attached hydrogen (secondary N) is 2. The third-order valence-corrected chi connectivity index (χ3v) is 8.71. The van der Waals surface area contributed by atoms with E-state index in [1.165, 1.54) is 37.7 Å². The van der Waals surface area contributed by atoms with Crippen LogP contribution in [0.15, 0.2) is 23.1 Å². The summed E-state index contributed by atoms with van der Waals surface area (Å²) in [7, 11) is 0. The maximum absolute atomic E-state index is 11.7. The summed E-state index contributed by atoms with van der Waals surface area (Å²) in [6.45, 7) is 9.00. The molecule has 2 aliphatic heterocycles. The first-order chi connectivity index (χ1) is 17.3. The molecular formula is C27H36ClN5O3. The molecule has 36 heavy (non-hydrogen) atoms. The monoisotopic (exact) mass is 513 g/mol. The summed E-state index contributed by atoms with van der Waals surface area (Å²) >= 11 is 6.36. The number of rotatable bonds is 8. The van der Waals surface area contributed by atoms with Gasteiger partial charge >= 0.3 is 0 Å². The van der Waals surface area contributed by atoms with E-state index in [1.807, 2.05) is 19.9 Å². The molecule has 194 valence electrons. The third-order valence-electron chi connectivity index (χ3n) is 8.30. The van der Waals surface area contributed by atoms with Crippen molar-refractivity contribution in [3.63, 3.8) is 0 Å². The molecule has 1 unspecified atom stereocenters.